The van der Waals surface area contributed by atoms with Gasteiger partial charge in [0, 0.05) is 10.7 Å². The van der Waals surface area contributed by atoms with E-state index in [1.54, 1.807) is 30.3 Å². The van der Waals surface area contributed by atoms with E-state index in [9.17, 15) is 12.8 Å². The highest BCUT2D eigenvalue weighted by molar-refractivity contribution is 7.94. The zero-order valence-electron chi connectivity index (χ0n) is 15.1. The van der Waals surface area contributed by atoms with Crippen LogP contribution in [0.3, 0.4) is 0 Å². The van der Waals surface area contributed by atoms with E-state index in [1.165, 1.54) is 36.4 Å². The summed E-state index contributed by atoms with van der Waals surface area (Å²) in [6.07, 6.45) is 0. The number of nitrogens with zero attached hydrogens (tertiary/aromatic N) is 3. The number of nitrogens with one attached hydrogen (secondary N) is 1. The van der Waals surface area contributed by atoms with Gasteiger partial charge >= 0.3 is 0 Å². The third-order valence-electron chi connectivity index (χ3n) is 4.04. The highest BCUT2D eigenvalue weighted by atomic mass is 35.5. The highest BCUT2D eigenvalue weighted by Crippen LogP contribution is 2.35. The standard InChI is InChI=1S/C20H12Cl2FN4O2S/c21-12-4-3-5-14(10-12)30(28,29)27-20-19(24-13-8-9-16(23)15(22)11-13)25-17-6-1-2-7-18(17)26-20/h1-11H,(H-,24,25,26,27)/q-1. The van der Waals surface area contributed by atoms with Gasteiger partial charge in [0.25, 0.3) is 0 Å². The van der Waals surface area contributed by atoms with Crippen LogP contribution in [0, 0.1) is 5.82 Å². The molecule has 10 heteroatoms. The summed E-state index contributed by atoms with van der Waals surface area (Å²) in [7, 11) is -4.12. The van der Waals surface area contributed by atoms with Crippen molar-refractivity contribution in [2.45, 2.75) is 4.90 Å². The van der Waals surface area contributed by atoms with Crippen molar-refractivity contribution in [2.75, 3.05) is 5.32 Å². The predicted octanol–water partition coefficient (Wildman–Crippen LogP) is 6.21. The van der Waals surface area contributed by atoms with Crippen LogP contribution in [-0.4, -0.2) is 18.4 Å². The molecule has 0 unspecified atom stereocenters. The molecule has 0 aliphatic heterocycles. The van der Waals surface area contributed by atoms with Crippen LogP contribution < -0.4 is 5.32 Å². The van der Waals surface area contributed by atoms with Gasteiger partial charge in [-0.3, -0.25) is 0 Å². The summed E-state index contributed by atoms with van der Waals surface area (Å²) in [6, 6.07) is 16.6. The van der Waals surface area contributed by atoms with Crippen LogP contribution in [0.15, 0.2) is 71.6 Å². The summed E-state index contributed by atoms with van der Waals surface area (Å²) in [4.78, 5) is 8.67. The number of sulfonamides is 1. The van der Waals surface area contributed by atoms with Crippen LogP contribution in [0.5, 0.6) is 0 Å². The maximum absolute atomic E-state index is 13.5. The molecule has 0 saturated carbocycles. The van der Waals surface area contributed by atoms with Gasteiger partial charge in [-0.15, -0.1) is 0 Å². The lowest BCUT2D eigenvalue weighted by Gasteiger charge is -2.21. The van der Waals surface area contributed by atoms with Crippen LogP contribution in [0.25, 0.3) is 15.8 Å². The van der Waals surface area contributed by atoms with E-state index in [2.05, 4.69) is 20.0 Å². The highest BCUT2D eigenvalue weighted by Gasteiger charge is 2.13. The van der Waals surface area contributed by atoms with Gasteiger partial charge in [-0.1, -0.05) is 47.5 Å². The number of benzene rings is 3. The van der Waals surface area contributed by atoms with Crippen molar-refractivity contribution in [3.63, 3.8) is 0 Å². The molecule has 0 aliphatic rings. The van der Waals surface area contributed by atoms with Crippen molar-refractivity contribution in [3.8, 4) is 0 Å². The topological polar surface area (TPSA) is 86.1 Å². The summed E-state index contributed by atoms with van der Waals surface area (Å²) in [5, 5.41) is 3.07. The smallest absolute Gasteiger partial charge is 0.202 e. The Balaban J connectivity index is 1.79. The normalized spacial score (nSPS) is 11.4. The first-order chi connectivity index (χ1) is 14.3. The van der Waals surface area contributed by atoms with Crippen LogP contribution in [-0.2, 0) is 10.0 Å². The predicted molar refractivity (Wildman–Crippen MR) is 116 cm³/mol. The lowest BCUT2D eigenvalue weighted by atomic mass is 10.3. The van der Waals surface area contributed by atoms with Crippen LogP contribution >= 0.6 is 23.2 Å². The molecule has 0 fully saturated rings. The fourth-order valence-electron chi connectivity index (χ4n) is 2.64. The first-order valence-electron chi connectivity index (χ1n) is 8.54. The quantitative estimate of drug-likeness (QED) is 0.381. The Morgan fingerprint density at radius 3 is 2.33 bits per heavy atom. The molecular weight excluding hydrogens is 450 g/mol. The summed E-state index contributed by atoms with van der Waals surface area (Å²) in [6.45, 7) is 0. The van der Waals surface area contributed by atoms with Gasteiger partial charge in [0.05, 0.1) is 15.4 Å². The summed E-state index contributed by atoms with van der Waals surface area (Å²) in [5.41, 5.74) is 1.37. The van der Waals surface area contributed by atoms with Crippen molar-refractivity contribution in [2.24, 2.45) is 0 Å². The van der Waals surface area contributed by atoms with Gasteiger partial charge < -0.3 is 15.0 Å². The molecule has 0 bridgehead atoms. The Morgan fingerprint density at radius 2 is 1.63 bits per heavy atom. The number of halogens is 3. The summed E-state index contributed by atoms with van der Waals surface area (Å²) < 4.78 is 42.9. The van der Waals surface area contributed by atoms with E-state index in [0.29, 0.717) is 16.7 Å². The minimum absolute atomic E-state index is 0.0713. The summed E-state index contributed by atoms with van der Waals surface area (Å²) >= 11 is 11.7. The number of hydrogen-bond donors (Lipinski definition) is 1. The van der Waals surface area contributed by atoms with Crippen molar-refractivity contribution < 1.29 is 12.8 Å². The van der Waals surface area contributed by atoms with Gasteiger partial charge in [-0.2, -0.15) is 0 Å². The zero-order chi connectivity index (χ0) is 21.3. The van der Waals surface area contributed by atoms with Crippen molar-refractivity contribution >= 4 is 61.6 Å². The van der Waals surface area contributed by atoms with Crippen molar-refractivity contribution in [1.82, 2.24) is 9.97 Å². The number of anilines is 2. The van der Waals surface area contributed by atoms with Gasteiger partial charge in [0.2, 0.25) is 10.0 Å². The number of hydrogen-bond acceptors (Lipinski definition) is 5. The molecule has 152 valence electrons. The van der Waals surface area contributed by atoms with Gasteiger partial charge in [-0.25, -0.2) is 17.8 Å². The molecule has 6 nitrogen and oxygen atoms in total. The van der Waals surface area contributed by atoms with Crippen LogP contribution in [0.2, 0.25) is 10.0 Å². The average Bonchev–Trinajstić information content (AvgIpc) is 2.71. The summed E-state index contributed by atoms with van der Waals surface area (Å²) in [5.74, 6) is -0.670. The molecule has 0 radical (unpaired) electrons. The third kappa shape index (κ3) is 4.30. The first kappa shape index (κ1) is 20.3. The molecule has 4 aromatic rings. The molecule has 0 aliphatic carbocycles. The number of para-hydroxylation sites is 2. The Kier molecular flexibility index (Phi) is 5.46. The third-order valence-corrected chi connectivity index (χ3v) is 5.82. The molecule has 0 saturated heterocycles. The SMILES string of the molecule is O=S(=O)([N-]c1nc2ccccc2nc1Nc1ccc(F)c(Cl)c1)c1cccc(Cl)c1. The Morgan fingerprint density at radius 1 is 0.900 bits per heavy atom. The first-order valence-corrected chi connectivity index (χ1v) is 10.7. The Bertz CT molecular complexity index is 1370. The maximum atomic E-state index is 13.5. The second-order valence-corrected chi connectivity index (χ2v) is 8.61. The fraction of sp³-hybridized carbons (Fsp3) is 0. The Hall–Kier alpha value is -2.94. The second kappa shape index (κ2) is 8.06. The van der Waals surface area contributed by atoms with Gasteiger partial charge in [0.15, 0.2) is 0 Å². The minimum atomic E-state index is -4.12. The molecule has 0 atom stereocenters. The average molecular weight is 462 g/mol. The number of aromatic nitrogens is 2. The van der Waals surface area contributed by atoms with Crippen LogP contribution in [0.4, 0.5) is 21.7 Å². The molecule has 4 rings (SSSR count). The molecule has 30 heavy (non-hydrogen) atoms. The molecule has 1 N–H and O–H groups in total. The van der Waals surface area contributed by atoms with E-state index < -0.39 is 15.8 Å². The zero-order valence-corrected chi connectivity index (χ0v) is 17.4. The molecule has 3 aromatic carbocycles. The van der Waals surface area contributed by atoms with Crippen molar-refractivity contribution in [1.29, 1.82) is 0 Å². The van der Waals surface area contributed by atoms with E-state index >= 15 is 0 Å². The lowest BCUT2D eigenvalue weighted by molar-refractivity contribution is 0.603. The monoisotopic (exact) mass is 461 g/mol. The van der Waals surface area contributed by atoms with E-state index in [-0.39, 0.29) is 26.6 Å². The maximum Gasteiger partial charge on any atom is 0.202 e. The lowest BCUT2D eigenvalue weighted by Crippen LogP contribution is -2.03. The molecule has 1 heterocycles. The van der Waals surface area contributed by atoms with E-state index in [1.807, 2.05) is 0 Å². The van der Waals surface area contributed by atoms with Crippen molar-refractivity contribution in [3.05, 3.63) is 87.3 Å². The van der Waals surface area contributed by atoms with Crippen LogP contribution in [0.1, 0.15) is 0 Å². The molecule has 0 amide bonds. The molecular formula is C20H12Cl2FN4O2S-. The Labute approximate surface area is 181 Å². The number of fused-ring (bicyclic) bond motifs is 1. The molecule has 1 aromatic heterocycles. The largest absolute Gasteiger partial charge is 0.431 e. The van der Waals surface area contributed by atoms with E-state index in [0.717, 1.165) is 0 Å². The number of rotatable bonds is 5. The molecule has 0 spiro atoms. The van der Waals surface area contributed by atoms with Gasteiger partial charge in [-0.05, 0) is 53.8 Å². The van der Waals surface area contributed by atoms with E-state index in [4.69, 9.17) is 23.2 Å². The fourth-order valence-corrected chi connectivity index (χ4v) is 4.07. The minimum Gasteiger partial charge on any atom is -0.431 e. The second-order valence-electron chi connectivity index (χ2n) is 6.16. The van der Waals surface area contributed by atoms with Gasteiger partial charge in [0.1, 0.15) is 11.6 Å².